The van der Waals surface area contributed by atoms with Crippen LogP contribution >= 0.6 is 0 Å². The number of fused-ring (bicyclic) bond motifs is 1. The van der Waals surface area contributed by atoms with Gasteiger partial charge in [-0.15, -0.1) is 0 Å². The maximum atomic E-state index is 6.30. The topological polar surface area (TPSA) is 53.1 Å². The predicted octanol–water partition coefficient (Wildman–Crippen LogP) is 3.13. The van der Waals surface area contributed by atoms with Crippen molar-refractivity contribution < 1.29 is 4.74 Å². The first-order valence-electron chi connectivity index (χ1n) is 7.22. The molecule has 4 nitrogen and oxygen atoms in total. The van der Waals surface area contributed by atoms with Crippen LogP contribution < -0.4 is 10.5 Å². The lowest BCUT2D eigenvalue weighted by Crippen LogP contribution is -2.24. The Labute approximate surface area is 119 Å². The second kappa shape index (κ2) is 5.29. The van der Waals surface area contributed by atoms with Crippen LogP contribution in [-0.4, -0.2) is 9.78 Å². The maximum absolute atomic E-state index is 6.30. The lowest BCUT2D eigenvalue weighted by atomic mass is 9.94. The molecule has 0 spiro atoms. The number of benzene rings is 1. The van der Waals surface area contributed by atoms with Crippen molar-refractivity contribution in [2.45, 2.75) is 45.4 Å². The van der Waals surface area contributed by atoms with Crippen molar-refractivity contribution in [1.82, 2.24) is 9.78 Å². The normalized spacial score (nSPS) is 21.4. The van der Waals surface area contributed by atoms with Crippen LogP contribution in [0.25, 0.3) is 0 Å². The molecule has 0 aliphatic carbocycles. The summed E-state index contributed by atoms with van der Waals surface area (Å²) in [7, 11) is 0. The molecule has 1 aromatic carbocycles. The molecule has 0 radical (unpaired) electrons. The van der Waals surface area contributed by atoms with E-state index in [1.54, 1.807) is 0 Å². The van der Waals surface area contributed by atoms with Gasteiger partial charge in [-0.3, -0.25) is 4.68 Å². The fourth-order valence-corrected chi connectivity index (χ4v) is 2.73. The van der Waals surface area contributed by atoms with E-state index in [0.717, 1.165) is 36.3 Å². The van der Waals surface area contributed by atoms with Gasteiger partial charge in [0.2, 0.25) is 0 Å². The van der Waals surface area contributed by atoms with Crippen LogP contribution in [0.1, 0.15) is 48.6 Å². The molecule has 1 aliphatic heterocycles. The molecular formula is C16H21N3O. The van der Waals surface area contributed by atoms with Gasteiger partial charge in [0.25, 0.3) is 0 Å². The summed E-state index contributed by atoms with van der Waals surface area (Å²) in [6.45, 7) is 5.16. The molecule has 0 amide bonds. The third-order valence-electron chi connectivity index (χ3n) is 3.78. The van der Waals surface area contributed by atoms with Crippen LogP contribution in [0.3, 0.4) is 0 Å². The van der Waals surface area contributed by atoms with Crippen molar-refractivity contribution in [2.75, 3.05) is 0 Å². The van der Waals surface area contributed by atoms with Gasteiger partial charge in [0.05, 0.1) is 6.20 Å². The van der Waals surface area contributed by atoms with E-state index in [4.69, 9.17) is 10.5 Å². The molecular weight excluding hydrogens is 250 g/mol. The zero-order valence-corrected chi connectivity index (χ0v) is 12.0. The van der Waals surface area contributed by atoms with E-state index in [1.807, 2.05) is 16.9 Å². The molecule has 106 valence electrons. The predicted molar refractivity (Wildman–Crippen MR) is 78.6 cm³/mol. The van der Waals surface area contributed by atoms with Gasteiger partial charge in [0.1, 0.15) is 11.9 Å². The highest BCUT2D eigenvalue weighted by molar-refractivity contribution is 5.41. The second-order valence-electron chi connectivity index (χ2n) is 5.53. The zero-order chi connectivity index (χ0) is 14.1. The molecule has 0 bridgehead atoms. The van der Waals surface area contributed by atoms with Gasteiger partial charge < -0.3 is 10.5 Å². The molecule has 20 heavy (non-hydrogen) atoms. The van der Waals surface area contributed by atoms with Crippen LogP contribution in [0.15, 0.2) is 30.6 Å². The van der Waals surface area contributed by atoms with Gasteiger partial charge in [0, 0.05) is 36.3 Å². The molecule has 1 aliphatic rings. The van der Waals surface area contributed by atoms with Crippen molar-refractivity contribution in [1.29, 1.82) is 0 Å². The van der Waals surface area contributed by atoms with Gasteiger partial charge >= 0.3 is 0 Å². The third kappa shape index (κ3) is 2.43. The highest BCUT2D eigenvalue weighted by Gasteiger charge is 2.27. The third-order valence-corrected chi connectivity index (χ3v) is 3.78. The smallest absolute Gasteiger partial charge is 0.129 e. The summed E-state index contributed by atoms with van der Waals surface area (Å²) in [5, 5.41) is 4.37. The molecule has 3 rings (SSSR count). The fourth-order valence-electron chi connectivity index (χ4n) is 2.73. The van der Waals surface area contributed by atoms with E-state index in [9.17, 15) is 0 Å². The minimum Gasteiger partial charge on any atom is -0.485 e. The SMILES string of the molecule is CCCn1cc(C2C[C@H](N)c3cc(C)ccc3O2)cn1. The summed E-state index contributed by atoms with van der Waals surface area (Å²) in [6.07, 6.45) is 5.85. The zero-order valence-electron chi connectivity index (χ0n) is 12.0. The average Bonchev–Trinajstić information content (AvgIpc) is 2.88. The monoisotopic (exact) mass is 271 g/mol. The van der Waals surface area contributed by atoms with Gasteiger partial charge in [-0.1, -0.05) is 24.6 Å². The Kier molecular flexibility index (Phi) is 3.49. The Morgan fingerprint density at radius 2 is 2.30 bits per heavy atom. The number of hydrogen-bond donors (Lipinski definition) is 1. The molecule has 4 heteroatoms. The Morgan fingerprint density at radius 3 is 3.10 bits per heavy atom. The van der Waals surface area contributed by atoms with Gasteiger partial charge in [-0.25, -0.2) is 0 Å². The van der Waals surface area contributed by atoms with E-state index in [1.165, 1.54) is 5.56 Å². The van der Waals surface area contributed by atoms with Crippen LogP contribution in [0.4, 0.5) is 0 Å². The lowest BCUT2D eigenvalue weighted by molar-refractivity contribution is 0.161. The van der Waals surface area contributed by atoms with Crippen LogP contribution in [-0.2, 0) is 6.54 Å². The van der Waals surface area contributed by atoms with Gasteiger partial charge in [-0.2, -0.15) is 5.10 Å². The summed E-state index contributed by atoms with van der Waals surface area (Å²) in [4.78, 5) is 0. The quantitative estimate of drug-likeness (QED) is 0.933. The molecule has 1 unspecified atom stereocenters. The molecule has 1 aromatic heterocycles. The maximum Gasteiger partial charge on any atom is 0.129 e. The van der Waals surface area contributed by atoms with Crippen molar-refractivity contribution in [3.8, 4) is 5.75 Å². The number of nitrogens with two attached hydrogens (primary N) is 1. The van der Waals surface area contributed by atoms with E-state index in [-0.39, 0.29) is 12.1 Å². The summed E-state index contributed by atoms with van der Waals surface area (Å²) >= 11 is 0. The minimum atomic E-state index is 0.00538. The Balaban J connectivity index is 1.85. The number of ether oxygens (including phenoxy) is 1. The molecule has 0 saturated heterocycles. The molecule has 2 heterocycles. The van der Waals surface area contributed by atoms with Gasteiger partial charge in [-0.05, 0) is 19.4 Å². The van der Waals surface area contributed by atoms with E-state index >= 15 is 0 Å². The largest absolute Gasteiger partial charge is 0.485 e. The molecule has 0 saturated carbocycles. The van der Waals surface area contributed by atoms with Crippen LogP contribution in [0.5, 0.6) is 5.75 Å². The summed E-state index contributed by atoms with van der Waals surface area (Å²) in [5.74, 6) is 0.905. The van der Waals surface area contributed by atoms with E-state index in [2.05, 4.69) is 37.3 Å². The Morgan fingerprint density at radius 1 is 1.45 bits per heavy atom. The van der Waals surface area contributed by atoms with Crippen molar-refractivity contribution in [3.63, 3.8) is 0 Å². The van der Waals surface area contributed by atoms with E-state index < -0.39 is 0 Å². The summed E-state index contributed by atoms with van der Waals surface area (Å²) in [5.41, 5.74) is 9.75. The minimum absolute atomic E-state index is 0.00538. The molecule has 2 N–H and O–H groups in total. The van der Waals surface area contributed by atoms with Crippen molar-refractivity contribution in [3.05, 3.63) is 47.3 Å². The fraction of sp³-hybridized carbons (Fsp3) is 0.438. The first-order valence-corrected chi connectivity index (χ1v) is 7.22. The number of aromatic nitrogens is 2. The first-order chi connectivity index (χ1) is 9.67. The van der Waals surface area contributed by atoms with E-state index in [0.29, 0.717) is 0 Å². The van der Waals surface area contributed by atoms with Crippen molar-refractivity contribution in [2.24, 2.45) is 5.73 Å². The number of rotatable bonds is 3. The van der Waals surface area contributed by atoms with Crippen LogP contribution in [0, 0.1) is 6.92 Å². The number of hydrogen-bond acceptors (Lipinski definition) is 3. The number of aryl methyl sites for hydroxylation is 2. The summed E-state index contributed by atoms with van der Waals surface area (Å²) in [6, 6.07) is 6.23. The molecule has 2 atom stereocenters. The lowest BCUT2D eigenvalue weighted by Gasteiger charge is -2.30. The van der Waals surface area contributed by atoms with Crippen LogP contribution in [0.2, 0.25) is 0 Å². The summed E-state index contributed by atoms with van der Waals surface area (Å²) < 4.78 is 8.07. The Bertz CT molecular complexity index is 606. The highest BCUT2D eigenvalue weighted by Crippen LogP contribution is 2.39. The average molecular weight is 271 g/mol. The second-order valence-corrected chi connectivity index (χ2v) is 5.53. The molecule has 0 fully saturated rings. The molecule has 2 aromatic rings. The highest BCUT2D eigenvalue weighted by atomic mass is 16.5. The first kappa shape index (κ1) is 13.2. The standard InChI is InChI=1S/C16H21N3O/c1-3-6-19-10-12(9-18-19)16-8-14(17)13-7-11(2)4-5-15(13)20-16/h4-5,7,9-10,14,16H,3,6,8,17H2,1-2H3/t14-,16?/m0/s1. The Hall–Kier alpha value is -1.81. The van der Waals surface area contributed by atoms with Gasteiger partial charge in [0.15, 0.2) is 0 Å². The van der Waals surface area contributed by atoms with Crippen molar-refractivity contribution >= 4 is 0 Å². The number of nitrogens with zero attached hydrogens (tertiary/aromatic N) is 2.